The van der Waals surface area contributed by atoms with Crippen LogP contribution in [0.25, 0.3) is 5.52 Å². The summed E-state index contributed by atoms with van der Waals surface area (Å²) < 4.78 is 7.51. The van der Waals surface area contributed by atoms with Gasteiger partial charge >= 0.3 is 5.97 Å². The van der Waals surface area contributed by atoms with E-state index in [1.165, 1.54) is 18.4 Å². The third kappa shape index (κ3) is 4.36. The summed E-state index contributed by atoms with van der Waals surface area (Å²) in [6.07, 6.45) is 6.55. The van der Waals surface area contributed by atoms with Crippen LogP contribution in [-0.2, 0) is 4.74 Å². The summed E-state index contributed by atoms with van der Waals surface area (Å²) in [6, 6.07) is 5.22. The van der Waals surface area contributed by atoms with Gasteiger partial charge in [0.05, 0.1) is 11.7 Å². The zero-order valence-electron chi connectivity index (χ0n) is 17.5. The third-order valence-corrected chi connectivity index (χ3v) is 5.77. The molecule has 1 aliphatic rings. The van der Waals surface area contributed by atoms with Crippen molar-refractivity contribution in [2.45, 2.75) is 58.7 Å². The van der Waals surface area contributed by atoms with Crippen LogP contribution in [0.1, 0.15) is 61.1 Å². The van der Waals surface area contributed by atoms with Crippen LogP contribution >= 0.6 is 0 Å². The summed E-state index contributed by atoms with van der Waals surface area (Å²) in [5, 5.41) is 0. The largest absolute Gasteiger partial charge is 0.459 e. The maximum absolute atomic E-state index is 12.3. The number of nitrogens with zero attached hydrogens (tertiary/aromatic N) is 3. The summed E-state index contributed by atoms with van der Waals surface area (Å²) in [5.74, 6) is -0.244. The van der Waals surface area contributed by atoms with Crippen LogP contribution in [0.4, 0.5) is 0 Å². The molecule has 0 aliphatic carbocycles. The van der Waals surface area contributed by atoms with Gasteiger partial charge < -0.3 is 14.0 Å². The van der Waals surface area contributed by atoms with Gasteiger partial charge in [-0.3, -0.25) is 4.90 Å². The van der Waals surface area contributed by atoms with Gasteiger partial charge in [-0.05, 0) is 77.9 Å². The normalized spacial score (nSPS) is 17.8. The number of esters is 1. The van der Waals surface area contributed by atoms with E-state index < -0.39 is 0 Å². The average Bonchev–Trinajstić information content (AvgIpc) is 3.02. The third-order valence-electron chi connectivity index (χ3n) is 5.77. The van der Waals surface area contributed by atoms with Crippen LogP contribution in [0.15, 0.2) is 24.5 Å². The average molecular weight is 372 g/mol. The van der Waals surface area contributed by atoms with Crippen molar-refractivity contribution in [3.63, 3.8) is 0 Å². The zero-order chi connectivity index (χ0) is 19.7. The van der Waals surface area contributed by atoms with Gasteiger partial charge in [0.1, 0.15) is 0 Å². The Morgan fingerprint density at radius 1 is 1.15 bits per heavy atom. The summed E-state index contributed by atoms with van der Waals surface area (Å²) in [6.45, 7) is 10.3. The molecule has 0 spiro atoms. The molecule has 5 heteroatoms. The molecule has 0 N–H and O–H groups in total. The molecule has 2 aromatic heterocycles. The van der Waals surface area contributed by atoms with Gasteiger partial charge in [-0.2, -0.15) is 0 Å². The fraction of sp³-hybridized carbons (Fsp3) is 0.591. The lowest BCUT2D eigenvalue weighted by atomic mass is 10.0. The Bertz CT molecular complexity index is 801. The number of fused-ring (bicyclic) bond motifs is 1. The minimum Gasteiger partial charge on any atom is -0.459 e. The van der Waals surface area contributed by atoms with Gasteiger partial charge in [0.2, 0.25) is 0 Å². The number of likely N-dealkylation sites (tertiary alicyclic amines) is 1. The van der Waals surface area contributed by atoms with Gasteiger partial charge in [-0.25, -0.2) is 4.79 Å². The van der Waals surface area contributed by atoms with E-state index in [1.807, 2.05) is 33.0 Å². The molecule has 27 heavy (non-hydrogen) atoms. The van der Waals surface area contributed by atoms with E-state index in [1.54, 1.807) is 0 Å². The fourth-order valence-corrected chi connectivity index (χ4v) is 4.01. The molecule has 1 atom stereocenters. The zero-order valence-corrected chi connectivity index (χ0v) is 17.5. The summed E-state index contributed by atoms with van der Waals surface area (Å²) in [7, 11) is 4.35. The van der Waals surface area contributed by atoms with Crippen molar-refractivity contribution in [3.05, 3.63) is 41.2 Å². The standard InChI is InChI=1S/C22H33N3O2/c1-15(2)27-22(26)21-12-20-11-18(14-25(20)13-16(21)3)17(4)24-9-7-19(8-10-24)23(5)6/h11-15,17,19H,7-10H2,1-6H3. The van der Waals surface area contributed by atoms with Gasteiger partial charge in [0, 0.05) is 43.1 Å². The lowest BCUT2D eigenvalue weighted by Crippen LogP contribution is -2.42. The highest BCUT2D eigenvalue weighted by Gasteiger charge is 2.25. The van der Waals surface area contributed by atoms with Crippen LogP contribution in [-0.4, -0.2) is 59.5 Å². The highest BCUT2D eigenvalue weighted by molar-refractivity contribution is 5.92. The maximum atomic E-state index is 12.3. The van der Waals surface area contributed by atoms with E-state index in [9.17, 15) is 4.79 Å². The van der Waals surface area contributed by atoms with E-state index in [4.69, 9.17) is 4.74 Å². The first kappa shape index (κ1) is 19.9. The lowest BCUT2D eigenvalue weighted by molar-refractivity contribution is 0.0377. The number of ether oxygens (including phenoxy) is 1. The Kier molecular flexibility index (Phi) is 5.92. The molecule has 1 saturated heterocycles. The lowest BCUT2D eigenvalue weighted by Gasteiger charge is -2.38. The Hall–Kier alpha value is -1.85. The molecule has 3 rings (SSSR count). The first-order valence-corrected chi connectivity index (χ1v) is 10.00. The van der Waals surface area contributed by atoms with Crippen LogP contribution in [0, 0.1) is 6.92 Å². The van der Waals surface area contributed by atoms with Crippen LogP contribution in [0.2, 0.25) is 0 Å². The molecule has 0 radical (unpaired) electrons. The predicted molar refractivity (Wildman–Crippen MR) is 109 cm³/mol. The molecule has 148 valence electrons. The number of hydrogen-bond donors (Lipinski definition) is 0. The van der Waals surface area contributed by atoms with Crippen LogP contribution < -0.4 is 0 Å². The molecule has 0 bridgehead atoms. The minimum absolute atomic E-state index is 0.111. The summed E-state index contributed by atoms with van der Waals surface area (Å²) in [4.78, 5) is 17.3. The second-order valence-corrected chi connectivity index (χ2v) is 8.34. The number of aryl methyl sites for hydroxylation is 1. The molecule has 0 aromatic carbocycles. The number of pyridine rings is 1. The number of carbonyl (C=O) groups is 1. The molecular formula is C22H33N3O2. The molecule has 1 fully saturated rings. The molecule has 5 nitrogen and oxygen atoms in total. The second kappa shape index (κ2) is 8.03. The van der Waals surface area contributed by atoms with Crippen molar-refractivity contribution >= 4 is 11.5 Å². The van der Waals surface area contributed by atoms with E-state index in [0.717, 1.165) is 24.2 Å². The second-order valence-electron chi connectivity index (χ2n) is 8.34. The number of rotatable bonds is 5. The molecule has 1 unspecified atom stereocenters. The smallest absolute Gasteiger partial charge is 0.338 e. The first-order chi connectivity index (χ1) is 12.8. The monoisotopic (exact) mass is 371 g/mol. The van der Waals surface area contributed by atoms with E-state index in [-0.39, 0.29) is 12.1 Å². The van der Waals surface area contributed by atoms with Crippen LogP contribution in [0.5, 0.6) is 0 Å². The van der Waals surface area contributed by atoms with Crippen LogP contribution in [0.3, 0.4) is 0 Å². The van der Waals surface area contributed by atoms with Gasteiger partial charge in [-0.15, -0.1) is 0 Å². The number of aromatic nitrogens is 1. The predicted octanol–water partition coefficient (Wildman–Crippen LogP) is 3.90. The Morgan fingerprint density at radius 3 is 2.41 bits per heavy atom. The van der Waals surface area contributed by atoms with E-state index in [0.29, 0.717) is 17.6 Å². The van der Waals surface area contributed by atoms with Crippen molar-refractivity contribution in [3.8, 4) is 0 Å². The molecular weight excluding hydrogens is 338 g/mol. The van der Waals surface area contributed by atoms with Crippen molar-refractivity contribution in [2.75, 3.05) is 27.2 Å². The minimum atomic E-state index is -0.244. The first-order valence-electron chi connectivity index (χ1n) is 10.00. The summed E-state index contributed by atoms with van der Waals surface area (Å²) in [5.41, 5.74) is 3.93. The fourth-order valence-electron chi connectivity index (χ4n) is 4.01. The van der Waals surface area contributed by atoms with Gasteiger partial charge in [0.15, 0.2) is 0 Å². The number of carbonyl (C=O) groups excluding carboxylic acids is 1. The quantitative estimate of drug-likeness (QED) is 0.747. The van der Waals surface area contributed by atoms with Crippen molar-refractivity contribution < 1.29 is 9.53 Å². The Balaban J connectivity index is 1.79. The van der Waals surface area contributed by atoms with Crippen molar-refractivity contribution in [2.24, 2.45) is 0 Å². The Labute approximate surface area is 162 Å². The Morgan fingerprint density at radius 2 is 1.81 bits per heavy atom. The van der Waals surface area contributed by atoms with Crippen molar-refractivity contribution in [1.82, 2.24) is 14.2 Å². The molecule has 2 aromatic rings. The highest BCUT2D eigenvalue weighted by atomic mass is 16.5. The van der Waals surface area contributed by atoms with E-state index >= 15 is 0 Å². The molecule has 0 amide bonds. The highest BCUT2D eigenvalue weighted by Crippen LogP contribution is 2.28. The number of piperidine rings is 1. The topological polar surface area (TPSA) is 37.2 Å². The van der Waals surface area contributed by atoms with E-state index in [2.05, 4.69) is 47.5 Å². The molecule has 1 aliphatic heterocycles. The maximum Gasteiger partial charge on any atom is 0.338 e. The number of hydrogen-bond acceptors (Lipinski definition) is 4. The molecule has 0 saturated carbocycles. The molecule has 3 heterocycles. The SMILES string of the molecule is Cc1cn2cc(C(C)N3CCC(N(C)C)CC3)cc2cc1C(=O)OC(C)C. The van der Waals surface area contributed by atoms with Gasteiger partial charge in [0.25, 0.3) is 0 Å². The van der Waals surface area contributed by atoms with Gasteiger partial charge in [-0.1, -0.05) is 0 Å². The van der Waals surface area contributed by atoms with Crippen molar-refractivity contribution in [1.29, 1.82) is 0 Å². The summed E-state index contributed by atoms with van der Waals surface area (Å²) >= 11 is 0.